The molecule has 2 aromatic heterocycles. The summed E-state index contributed by atoms with van der Waals surface area (Å²) in [6.07, 6.45) is 0.407. The molecule has 0 amide bonds. The van der Waals surface area contributed by atoms with Gasteiger partial charge >= 0.3 is 5.97 Å². The van der Waals surface area contributed by atoms with Crippen LogP contribution in [0.25, 0.3) is 10.9 Å². The molecular formula is C16H16N4O4. The summed E-state index contributed by atoms with van der Waals surface area (Å²) in [6.45, 7) is 1.59. The summed E-state index contributed by atoms with van der Waals surface area (Å²) in [5.41, 5.74) is 0.482. The third-order valence-electron chi connectivity index (χ3n) is 3.55. The van der Waals surface area contributed by atoms with Gasteiger partial charge in [-0.3, -0.25) is 14.2 Å². The summed E-state index contributed by atoms with van der Waals surface area (Å²) >= 11 is 0. The molecule has 0 aliphatic rings. The van der Waals surface area contributed by atoms with Crippen molar-refractivity contribution in [3.05, 3.63) is 52.2 Å². The second kappa shape index (κ2) is 6.61. The third kappa shape index (κ3) is 3.32. The fourth-order valence-electron chi connectivity index (χ4n) is 2.31. The number of esters is 1. The van der Waals surface area contributed by atoms with Crippen molar-refractivity contribution in [1.82, 2.24) is 19.7 Å². The number of para-hydroxylation sites is 1. The van der Waals surface area contributed by atoms with Crippen molar-refractivity contribution in [2.45, 2.75) is 26.4 Å². The van der Waals surface area contributed by atoms with Crippen molar-refractivity contribution in [2.24, 2.45) is 7.05 Å². The minimum absolute atomic E-state index is 0.0657. The number of carbonyl (C=O) groups excluding carboxylic acids is 1. The maximum atomic E-state index is 12.3. The number of carbonyl (C=O) groups is 1. The maximum absolute atomic E-state index is 12.3. The van der Waals surface area contributed by atoms with Gasteiger partial charge in [0, 0.05) is 20.4 Å². The molecule has 8 heteroatoms. The average Bonchev–Trinajstić information content (AvgIpc) is 3.00. The lowest BCUT2D eigenvalue weighted by Crippen LogP contribution is -2.23. The molecule has 0 radical (unpaired) electrons. The molecule has 1 aromatic carbocycles. The van der Waals surface area contributed by atoms with E-state index in [0.29, 0.717) is 29.0 Å². The first kappa shape index (κ1) is 15.9. The standard InChI is InChI=1S/C16H16N4O4/c1-10-18-19-14(24-10)9-23-15(21)8-7-13-17-12-6-4-3-5-11(12)16(22)20(13)2/h3-6H,7-9H2,1-2H3. The number of aromatic nitrogens is 4. The highest BCUT2D eigenvalue weighted by molar-refractivity contribution is 5.77. The molecule has 8 nitrogen and oxygen atoms in total. The Morgan fingerprint density at radius 2 is 2.08 bits per heavy atom. The number of nitrogens with zero attached hydrogens (tertiary/aromatic N) is 4. The van der Waals surface area contributed by atoms with Gasteiger partial charge in [-0.2, -0.15) is 0 Å². The van der Waals surface area contributed by atoms with Crippen LogP contribution >= 0.6 is 0 Å². The molecular weight excluding hydrogens is 312 g/mol. The molecule has 124 valence electrons. The zero-order valence-electron chi connectivity index (χ0n) is 13.4. The van der Waals surface area contributed by atoms with E-state index < -0.39 is 5.97 Å². The summed E-state index contributed by atoms with van der Waals surface area (Å²) in [4.78, 5) is 28.6. The van der Waals surface area contributed by atoms with Gasteiger partial charge < -0.3 is 9.15 Å². The largest absolute Gasteiger partial charge is 0.456 e. The SMILES string of the molecule is Cc1nnc(COC(=O)CCc2nc3ccccc3c(=O)n2C)o1. The number of hydrogen-bond acceptors (Lipinski definition) is 7. The third-order valence-corrected chi connectivity index (χ3v) is 3.55. The Morgan fingerprint density at radius 3 is 2.83 bits per heavy atom. The van der Waals surface area contributed by atoms with Gasteiger partial charge in [-0.1, -0.05) is 12.1 Å². The highest BCUT2D eigenvalue weighted by atomic mass is 16.5. The molecule has 0 aliphatic carbocycles. The summed E-state index contributed by atoms with van der Waals surface area (Å²) in [5.74, 6) is 0.769. The number of benzene rings is 1. The zero-order chi connectivity index (χ0) is 17.1. The predicted molar refractivity (Wildman–Crippen MR) is 84.1 cm³/mol. The van der Waals surface area contributed by atoms with Crippen LogP contribution in [0.3, 0.4) is 0 Å². The molecule has 0 saturated heterocycles. The quantitative estimate of drug-likeness (QED) is 0.651. The molecule has 0 spiro atoms. The molecule has 3 rings (SSSR count). The highest BCUT2D eigenvalue weighted by Gasteiger charge is 2.12. The first-order valence-corrected chi connectivity index (χ1v) is 7.44. The second-order valence-corrected chi connectivity index (χ2v) is 5.28. The molecule has 0 saturated carbocycles. The van der Waals surface area contributed by atoms with Crippen LogP contribution in [0.15, 0.2) is 33.5 Å². The van der Waals surface area contributed by atoms with Crippen LogP contribution in [-0.4, -0.2) is 25.7 Å². The van der Waals surface area contributed by atoms with E-state index >= 15 is 0 Å². The first-order chi connectivity index (χ1) is 11.5. The van der Waals surface area contributed by atoms with E-state index in [1.807, 2.05) is 6.07 Å². The minimum Gasteiger partial charge on any atom is -0.456 e. The second-order valence-electron chi connectivity index (χ2n) is 5.28. The molecule has 3 aromatic rings. The molecule has 0 aliphatic heterocycles. The zero-order valence-corrected chi connectivity index (χ0v) is 13.4. The number of ether oxygens (including phenoxy) is 1. The molecule has 2 heterocycles. The number of aryl methyl sites for hydroxylation is 2. The van der Waals surface area contributed by atoms with Gasteiger partial charge in [0.25, 0.3) is 11.4 Å². The first-order valence-electron chi connectivity index (χ1n) is 7.44. The van der Waals surface area contributed by atoms with E-state index in [-0.39, 0.29) is 24.5 Å². The van der Waals surface area contributed by atoms with Crippen molar-refractivity contribution < 1.29 is 13.9 Å². The lowest BCUT2D eigenvalue weighted by Gasteiger charge is -2.08. The van der Waals surface area contributed by atoms with E-state index in [4.69, 9.17) is 9.15 Å². The van der Waals surface area contributed by atoms with Crippen molar-refractivity contribution in [1.29, 1.82) is 0 Å². The Kier molecular flexibility index (Phi) is 4.37. The van der Waals surface area contributed by atoms with Crippen LogP contribution in [0.4, 0.5) is 0 Å². The summed E-state index contributed by atoms with van der Waals surface area (Å²) in [5, 5.41) is 7.95. The van der Waals surface area contributed by atoms with Gasteiger partial charge in [0.2, 0.25) is 5.89 Å². The topological polar surface area (TPSA) is 100 Å². The van der Waals surface area contributed by atoms with E-state index in [0.717, 1.165) is 0 Å². The Bertz CT molecular complexity index is 945. The van der Waals surface area contributed by atoms with E-state index in [9.17, 15) is 9.59 Å². The lowest BCUT2D eigenvalue weighted by molar-refractivity contribution is -0.145. The van der Waals surface area contributed by atoms with E-state index in [2.05, 4.69) is 15.2 Å². The molecule has 0 unspecified atom stereocenters. The average molecular weight is 328 g/mol. The molecule has 0 bridgehead atoms. The van der Waals surface area contributed by atoms with Gasteiger partial charge in [-0.15, -0.1) is 10.2 Å². The normalized spacial score (nSPS) is 10.9. The van der Waals surface area contributed by atoms with Crippen molar-refractivity contribution in [3.8, 4) is 0 Å². The summed E-state index contributed by atoms with van der Waals surface area (Å²) in [7, 11) is 1.64. The van der Waals surface area contributed by atoms with Gasteiger partial charge in [0.1, 0.15) is 5.82 Å². The Hall–Kier alpha value is -3.03. The summed E-state index contributed by atoms with van der Waals surface area (Å²) < 4.78 is 11.6. The number of hydrogen-bond donors (Lipinski definition) is 0. The van der Waals surface area contributed by atoms with Crippen LogP contribution in [0.5, 0.6) is 0 Å². The van der Waals surface area contributed by atoms with Crippen LogP contribution in [0, 0.1) is 6.92 Å². The van der Waals surface area contributed by atoms with Crippen molar-refractivity contribution >= 4 is 16.9 Å². The highest BCUT2D eigenvalue weighted by Crippen LogP contribution is 2.09. The number of rotatable bonds is 5. The van der Waals surface area contributed by atoms with E-state index in [1.54, 1.807) is 32.2 Å². The van der Waals surface area contributed by atoms with Crippen molar-refractivity contribution in [2.75, 3.05) is 0 Å². The molecule has 24 heavy (non-hydrogen) atoms. The van der Waals surface area contributed by atoms with Gasteiger partial charge in [0.05, 0.1) is 17.3 Å². The van der Waals surface area contributed by atoms with Gasteiger partial charge in [-0.05, 0) is 12.1 Å². The minimum atomic E-state index is -0.423. The van der Waals surface area contributed by atoms with Crippen LogP contribution in [0.1, 0.15) is 24.0 Å². The number of fused-ring (bicyclic) bond motifs is 1. The van der Waals surface area contributed by atoms with Crippen LogP contribution < -0.4 is 5.56 Å². The Labute approximate surface area is 137 Å². The lowest BCUT2D eigenvalue weighted by atomic mass is 10.2. The smallest absolute Gasteiger partial charge is 0.306 e. The van der Waals surface area contributed by atoms with Crippen LogP contribution in [0.2, 0.25) is 0 Å². The molecule has 0 atom stereocenters. The fraction of sp³-hybridized carbons (Fsp3) is 0.312. The van der Waals surface area contributed by atoms with Crippen LogP contribution in [-0.2, 0) is 29.6 Å². The predicted octanol–water partition coefficient (Wildman–Crippen LogP) is 1.30. The molecule has 0 N–H and O–H groups in total. The van der Waals surface area contributed by atoms with Gasteiger partial charge in [0.15, 0.2) is 6.61 Å². The van der Waals surface area contributed by atoms with E-state index in [1.165, 1.54) is 4.57 Å². The Balaban J connectivity index is 1.66. The fourth-order valence-corrected chi connectivity index (χ4v) is 2.31. The maximum Gasteiger partial charge on any atom is 0.306 e. The monoisotopic (exact) mass is 328 g/mol. The molecule has 0 fully saturated rings. The summed E-state index contributed by atoms with van der Waals surface area (Å²) in [6, 6.07) is 7.12. The Morgan fingerprint density at radius 1 is 1.29 bits per heavy atom. The van der Waals surface area contributed by atoms with Gasteiger partial charge in [-0.25, -0.2) is 4.98 Å². The van der Waals surface area contributed by atoms with Crippen molar-refractivity contribution in [3.63, 3.8) is 0 Å².